The van der Waals surface area contributed by atoms with Gasteiger partial charge >= 0.3 is 0 Å². The summed E-state index contributed by atoms with van der Waals surface area (Å²) in [5, 5.41) is 0. The van der Waals surface area contributed by atoms with Crippen molar-refractivity contribution in [3.63, 3.8) is 0 Å². The third-order valence-electron chi connectivity index (χ3n) is 2.03. The molecule has 0 atom stereocenters. The molecule has 15 heavy (non-hydrogen) atoms. The summed E-state index contributed by atoms with van der Waals surface area (Å²) in [5.41, 5.74) is 11.6. The number of nitrogens with two attached hydrogens (primary N) is 2. The Bertz CT molecular complexity index is 336. The Balaban J connectivity index is 2.48. The summed E-state index contributed by atoms with van der Waals surface area (Å²) in [4.78, 5) is 4.04. The van der Waals surface area contributed by atoms with Crippen molar-refractivity contribution >= 4 is 19.6 Å². The second kappa shape index (κ2) is 4.52. The molecule has 0 spiro atoms. The van der Waals surface area contributed by atoms with Gasteiger partial charge in [0.15, 0.2) is 5.82 Å². The second-order valence-electron chi connectivity index (χ2n) is 4.78. The van der Waals surface area contributed by atoms with Crippen LogP contribution in [-0.4, -0.2) is 19.7 Å². The molecule has 0 unspecified atom stereocenters. The van der Waals surface area contributed by atoms with Crippen molar-refractivity contribution in [1.29, 1.82) is 0 Å². The molecule has 4 N–H and O–H groups in total. The molecule has 0 saturated carbocycles. The molecular formula is C10H19N3OSi. The Morgan fingerprint density at radius 1 is 1.27 bits per heavy atom. The average Bonchev–Trinajstić information content (AvgIpc) is 2.09. The van der Waals surface area contributed by atoms with Crippen molar-refractivity contribution < 1.29 is 4.74 Å². The van der Waals surface area contributed by atoms with Gasteiger partial charge in [-0.05, 0) is 12.1 Å². The van der Waals surface area contributed by atoms with Gasteiger partial charge < -0.3 is 16.2 Å². The molecule has 1 rings (SSSR count). The fourth-order valence-corrected chi connectivity index (χ4v) is 1.72. The monoisotopic (exact) mass is 225 g/mol. The Labute approximate surface area is 91.7 Å². The van der Waals surface area contributed by atoms with Crippen LogP contribution in [0, 0.1) is 0 Å². The number of anilines is 2. The smallest absolute Gasteiger partial charge is 0.215 e. The quantitative estimate of drug-likeness (QED) is 0.768. The van der Waals surface area contributed by atoms with Crippen LogP contribution in [0.3, 0.4) is 0 Å². The Hall–Kier alpha value is -1.23. The molecule has 0 bridgehead atoms. The number of pyridine rings is 1. The van der Waals surface area contributed by atoms with Gasteiger partial charge in [0.1, 0.15) is 0 Å². The third-order valence-corrected chi connectivity index (χ3v) is 3.74. The van der Waals surface area contributed by atoms with Crippen LogP contribution in [0.2, 0.25) is 25.7 Å². The largest absolute Gasteiger partial charge is 0.478 e. The van der Waals surface area contributed by atoms with E-state index in [1.54, 1.807) is 12.1 Å². The number of nitrogen functional groups attached to an aromatic ring is 2. The van der Waals surface area contributed by atoms with Crippen molar-refractivity contribution in [2.45, 2.75) is 25.7 Å². The summed E-state index contributed by atoms with van der Waals surface area (Å²) in [7, 11) is -1.04. The maximum atomic E-state index is 5.57. The van der Waals surface area contributed by atoms with Crippen molar-refractivity contribution in [3.05, 3.63) is 12.1 Å². The highest BCUT2D eigenvalue weighted by atomic mass is 28.3. The third kappa shape index (κ3) is 4.20. The summed E-state index contributed by atoms with van der Waals surface area (Å²) >= 11 is 0. The lowest BCUT2D eigenvalue weighted by Gasteiger charge is -2.15. The number of aromatic nitrogens is 1. The van der Waals surface area contributed by atoms with Crippen LogP contribution < -0.4 is 16.2 Å². The van der Waals surface area contributed by atoms with Crippen molar-refractivity contribution in [3.8, 4) is 5.88 Å². The highest BCUT2D eigenvalue weighted by Gasteiger charge is 2.12. The fourth-order valence-electron chi connectivity index (χ4n) is 1.01. The first-order chi connectivity index (χ1) is 6.88. The Kier molecular flexibility index (Phi) is 3.57. The summed E-state index contributed by atoms with van der Waals surface area (Å²) in [6, 6.07) is 4.57. The predicted molar refractivity (Wildman–Crippen MR) is 66.7 cm³/mol. The summed E-state index contributed by atoms with van der Waals surface area (Å²) < 4.78 is 5.51. The molecule has 84 valence electrons. The normalized spacial score (nSPS) is 11.4. The van der Waals surface area contributed by atoms with E-state index in [9.17, 15) is 0 Å². The molecule has 1 aromatic heterocycles. The fraction of sp³-hybridized carbons (Fsp3) is 0.500. The van der Waals surface area contributed by atoms with E-state index in [4.69, 9.17) is 16.2 Å². The summed E-state index contributed by atoms with van der Waals surface area (Å²) in [5.74, 6) is 0.889. The van der Waals surface area contributed by atoms with Gasteiger partial charge in [0.05, 0.1) is 12.3 Å². The zero-order valence-corrected chi connectivity index (χ0v) is 10.6. The van der Waals surface area contributed by atoms with E-state index in [1.807, 2.05) is 0 Å². The van der Waals surface area contributed by atoms with E-state index in [0.29, 0.717) is 24.0 Å². The van der Waals surface area contributed by atoms with E-state index in [1.165, 1.54) is 0 Å². The van der Waals surface area contributed by atoms with E-state index < -0.39 is 8.07 Å². The minimum atomic E-state index is -1.04. The first-order valence-corrected chi connectivity index (χ1v) is 8.74. The van der Waals surface area contributed by atoms with Gasteiger partial charge in [0, 0.05) is 14.1 Å². The van der Waals surface area contributed by atoms with Gasteiger partial charge in [-0.25, -0.2) is 0 Å². The van der Waals surface area contributed by atoms with Crippen LogP contribution in [0.15, 0.2) is 12.1 Å². The van der Waals surface area contributed by atoms with Gasteiger partial charge in [-0.1, -0.05) is 19.6 Å². The Morgan fingerprint density at radius 2 is 1.93 bits per heavy atom. The number of nitrogens with zero attached hydrogens (tertiary/aromatic N) is 1. The zero-order chi connectivity index (χ0) is 11.5. The van der Waals surface area contributed by atoms with E-state index in [-0.39, 0.29) is 0 Å². The molecule has 0 aliphatic heterocycles. The molecule has 5 heteroatoms. The topological polar surface area (TPSA) is 74.2 Å². The van der Waals surface area contributed by atoms with Gasteiger partial charge in [-0.2, -0.15) is 4.98 Å². The van der Waals surface area contributed by atoms with Gasteiger partial charge in [-0.15, -0.1) is 0 Å². The first-order valence-electron chi connectivity index (χ1n) is 5.03. The lowest BCUT2D eigenvalue weighted by Crippen LogP contribution is -2.22. The summed E-state index contributed by atoms with van der Waals surface area (Å²) in [6.07, 6.45) is 0. The molecule has 0 aliphatic rings. The van der Waals surface area contributed by atoms with Crippen molar-refractivity contribution in [1.82, 2.24) is 4.98 Å². The number of rotatable bonds is 4. The maximum absolute atomic E-state index is 5.57. The SMILES string of the molecule is C[Si](C)(C)CCOc1ccc(N)c(N)n1. The van der Waals surface area contributed by atoms with E-state index in [2.05, 4.69) is 24.6 Å². The van der Waals surface area contributed by atoms with Crippen molar-refractivity contribution in [2.24, 2.45) is 0 Å². The highest BCUT2D eigenvalue weighted by Crippen LogP contribution is 2.17. The molecule has 0 aromatic carbocycles. The maximum Gasteiger partial charge on any atom is 0.215 e. The molecule has 0 saturated heterocycles. The number of ether oxygens (including phenoxy) is 1. The number of hydrogen-bond acceptors (Lipinski definition) is 4. The molecular weight excluding hydrogens is 206 g/mol. The minimum absolute atomic E-state index is 0.334. The van der Waals surface area contributed by atoms with Crippen LogP contribution >= 0.6 is 0 Å². The van der Waals surface area contributed by atoms with Crippen LogP contribution in [0.1, 0.15) is 0 Å². The van der Waals surface area contributed by atoms with Crippen LogP contribution in [0.5, 0.6) is 5.88 Å². The van der Waals surface area contributed by atoms with Gasteiger partial charge in [0.25, 0.3) is 0 Å². The average molecular weight is 225 g/mol. The molecule has 4 nitrogen and oxygen atoms in total. The molecule has 1 aromatic rings. The number of hydrogen-bond donors (Lipinski definition) is 2. The van der Waals surface area contributed by atoms with Crippen LogP contribution in [-0.2, 0) is 0 Å². The Morgan fingerprint density at radius 3 is 2.47 bits per heavy atom. The van der Waals surface area contributed by atoms with Crippen molar-refractivity contribution in [2.75, 3.05) is 18.1 Å². The minimum Gasteiger partial charge on any atom is -0.478 e. The standard InChI is InChI=1S/C10H19N3OSi/c1-15(2,3)7-6-14-9-5-4-8(11)10(12)13-9/h4-5H,6-7,11H2,1-3H3,(H2,12,13). The van der Waals surface area contributed by atoms with E-state index in [0.717, 1.165) is 6.04 Å². The second-order valence-corrected chi connectivity index (χ2v) is 10.4. The summed E-state index contributed by atoms with van der Waals surface area (Å²) in [6.45, 7) is 7.62. The van der Waals surface area contributed by atoms with Crippen LogP contribution in [0.4, 0.5) is 11.5 Å². The first kappa shape index (κ1) is 11.8. The molecule has 0 amide bonds. The highest BCUT2D eigenvalue weighted by molar-refractivity contribution is 6.76. The molecule has 0 radical (unpaired) electrons. The lowest BCUT2D eigenvalue weighted by molar-refractivity contribution is 0.325. The molecule has 0 aliphatic carbocycles. The predicted octanol–water partition coefficient (Wildman–Crippen LogP) is 1.96. The van der Waals surface area contributed by atoms with Crippen LogP contribution in [0.25, 0.3) is 0 Å². The molecule has 1 heterocycles. The zero-order valence-electron chi connectivity index (χ0n) is 9.58. The van der Waals surface area contributed by atoms with Gasteiger partial charge in [-0.3, -0.25) is 0 Å². The molecule has 0 fully saturated rings. The lowest BCUT2D eigenvalue weighted by atomic mass is 10.4. The van der Waals surface area contributed by atoms with Gasteiger partial charge in [0.2, 0.25) is 5.88 Å². The van der Waals surface area contributed by atoms with E-state index >= 15 is 0 Å².